The van der Waals surface area contributed by atoms with Gasteiger partial charge in [-0.1, -0.05) is 55.3 Å². The number of carbonyl (C=O) groups is 1. The average Bonchev–Trinajstić information content (AvgIpc) is 3.47. The molecule has 176 valence electrons. The number of ether oxygens (including phenoxy) is 2. The molecule has 2 aliphatic rings. The predicted octanol–water partition coefficient (Wildman–Crippen LogP) is 6.51. The minimum Gasteiger partial charge on any atom is -0.493 e. The minimum absolute atomic E-state index is 0.194. The third kappa shape index (κ3) is 3.63. The summed E-state index contributed by atoms with van der Waals surface area (Å²) in [4.78, 5) is 20.7. The predicted molar refractivity (Wildman–Crippen MR) is 138 cm³/mol. The third-order valence-corrected chi connectivity index (χ3v) is 7.34. The van der Waals surface area contributed by atoms with Gasteiger partial charge in [0.2, 0.25) is 0 Å². The zero-order valence-electron chi connectivity index (χ0n) is 19.9. The maximum atomic E-state index is 13.7. The lowest BCUT2D eigenvalue weighted by molar-refractivity contribution is 0.0909. The van der Waals surface area contributed by atoms with Crippen LogP contribution < -0.4 is 14.4 Å². The molecule has 0 N–H and O–H groups in total. The molecule has 6 rings (SSSR count). The van der Waals surface area contributed by atoms with Crippen molar-refractivity contribution in [2.24, 2.45) is 0 Å². The molecule has 1 aliphatic heterocycles. The summed E-state index contributed by atoms with van der Waals surface area (Å²) in [6.45, 7) is 0.463. The molecule has 1 aliphatic carbocycles. The quantitative estimate of drug-likeness (QED) is 0.325. The number of rotatable bonds is 6. The Bertz CT molecular complexity index is 1390. The van der Waals surface area contributed by atoms with Crippen LogP contribution >= 0.6 is 0 Å². The van der Waals surface area contributed by atoms with E-state index in [2.05, 4.69) is 29.2 Å². The van der Waals surface area contributed by atoms with E-state index in [1.807, 2.05) is 54.6 Å². The standard InChI is InChI=1S/C30H28N2O3/c1-34-27-19-24-26(32(23-10-3-2-4-11-23)30(29(24)33)16-7-8-17-30)20-28(27)35-18-15-22-14-13-21-9-5-6-12-25(21)31-22/h2-6,9-14,19-20H,7-8,15-18H2,1H3. The van der Waals surface area contributed by atoms with E-state index >= 15 is 0 Å². The van der Waals surface area contributed by atoms with Crippen LogP contribution in [0.4, 0.5) is 11.4 Å². The van der Waals surface area contributed by atoms with Gasteiger partial charge < -0.3 is 14.4 Å². The Hall–Kier alpha value is -3.86. The second kappa shape index (κ2) is 8.73. The summed E-state index contributed by atoms with van der Waals surface area (Å²) in [5, 5.41) is 1.13. The van der Waals surface area contributed by atoms with Crippen LogP contribution in [0.3, 0.4) is 0 Å². The van der Waals surface area contributed by atoms with Gasteiger partial charge in [0, 0.05) is 34.8 Å². The number of aromatic nitrogens is 1. The lowest BCUT2D eigenvalue weighted by atomic mass is 9.90. The van der Waals surface area contributed by atoms with Crippen molar-refractivity contribution in [1.29, 1.82) is 0 Å². The van der Waals surface area contributed by atoms with Crippen molar-refractivity contribution in [3.05, 3.63) is 90.1 Å². The van der Waals surface area contributed by atoms with Gasteiger partial charge in [-0.2, -0.15) is 0 Å². The number of nitrogens with zero attached hydrogens (tertiary/aromatic N) is 2. The number of pyridine rings is 1. The molecule has 0 atom stereocenters. The fraction of sp³-hybridized carbons (Fsp3) is 0.267. The zero-order valence-corrected chi connectivity index (χ0v) is 19.9. The van der Waals surface area contributed by atoms with Gasteiger partial charge in [-0.05, 0) is 43.2 Å². The van der Waals surface area contributed by atoms with Gasteiger partial charge in [0.1, 0.15) is 5.54 Å². The molecule has 0 amide bonds. The normalized spacial score (nSPS) is 16.1. The van der Waals surface area contributed by atoms with Gasteiger partial charge in [-0.25, -0.2) is 0 Å². The number of methoxy groups -OCH3 is 1. The van der Waals surface area contributed by atoms with E-state index < -0.39 is 5.54 Å². The van der Waals surface area contributed by atoms with Crippen LogP contribution in [0.2, 0.25) is 0 Å². The fourth-order valence-corrected chi connectivity index (χ4v) is 5.66. The Labute approximate surface area is 205 Å². The molecule has 1 fully saturated rings. The molecular weight excluding hydrogens is 436 g/mol. The summed E-state index contributed by atoms with van der Waals surface area (Å²) in [5.41, 5.74) is 4.12. The SMILES string of the molecule is COc1cc2c(cc1OCCc1ccc3ccccc3n1)N(c1ccccc1)C1(CCCC1)C2=O. The molecular formula is C30H28N2O3. The summed E-state index contributed by atoms with van der Waals surface area (Å²) < 4.78 is 11.9. The number of fused-ring (bicyclic) bond motifs is 2. The molecule has 0 radical (unpaired) electrons. The van der Waals surface area contributed by atoms with Crippen molar-refractivity contribution >= 4 is 28.1 Å². The smallest absolute Gasteiger partial charge is 0.190 e. The molecule has 1 aromatic heterocycles. The van der Waals surface area contributed by atoms with E-state index in [0.29, 0.717) is 24.5 Å². The Kier molecular flexibility index (Phi) is 5.40. The number of hydrogen-bond acceptors (Lipinski definition) is 5. The van der Waals surface area contributed by atoms with Gasteiger partial charge in [0.25, 0.3) is 0 Å². The molecule has 2 heterocycles. The summed E-state index contributed by atoms with van der Waals surface area (Å²) in [6.07, 6.45) is 4.52. The number of anilines is 2. The number of Topliss-reactive ketones (excluding diaryl/α,β-unsaturated/α-hetero) is 1. The molecule has 4 aromatic rings. The van der Waals surface area contributed by atoms with Crippen LogP contribution in [0, 0.1) is 0 Å². The summed E-state index contributed by atoms with van der Waals surface area (Å²) in [6, 6.07) is 26.3. The van der Waals surface area contributed by atoms with Crippen LogP contribution in [0.1, 0.15) is 41.7 Å². The fourth-order valence-electron chi connectivity index (χ4n) is 5.66. The highest BCUT2D eigenvalue weighted by Crippen LogP contribution is 2.53. The van der Waals surface area contributed by atoms with E-state index in [9.17, 15) is 4.79 Å². The van der Waals surface area contributed by atoms with Gasteiger partial charge in [0.15, 0.2) is 17.3 Å². The molecule has 3 aromatic carbocycles. The number of benzene rings is 3. The second-order valence-corrected chi connectivity index (χ2v) is 9.35. The largest absolute Gasteiger partial charge is 0.493 e. The Morgan fingerprint density at radius 2 is 1.69 bits per heavy atom. The number of para-hydroxylation sites is 2. The van der Waals surface area contributed by atoms with Gasteiger partial charge in [0.05, 0.1) is 24.9 Å². The first kappa shape index (κ1) is 21.7. The lowest BCUT2D eigenvalue weighted by Crippen LogP contribution is -2.45. The number of hydrogen-bond donors (Lipinski definition) is 0. The maximum Gasteiger partial charge on any atom is 0.190 e. The molecule has 5 nitrogen and oxygen atoms in total. The van der Waals surface area contributed by atoms with E-state index in [-0.39, 0.29) is 5.78 Å². The van der Waals surface area contributed by atoms with Gasteiger partial charge in [-0.3, -0.25) is 9.78 Å². The van der Waals surface area contributed by atoms with E-state index in [0.717, 1.165) is 59.2 Å². The molecule has 0 unspecified atom stereocenters. The van der Waals surface area contributed by atoms with Crippen LogP contribution in [0.15, 0.2) is 78.9 Å². The topological polar surface area (TPSA) is 51.7 Å². The van der Waals surface area contributed by atoms with Crippen molar-refractivity contribution in [2.75, 3.05) is 18.6 Å². The van der Waals surface area contributed by atoms with Gasteiger partial charge in [-0.15, -0.1) is 0 Å². The highest BCUT2D eigenvalue weighted by atomic mass is 16.5. The molecule has 0 saturated heterocycles. The highest BCUT2D eigenvalue weighted by molar-refractivity contribution is 6.16. The van der Waals surface area contributed by atoms with Crippen molar-refractivity contribution < 1.29 is 14.3 Å². The second-order valence-electron chi connectivity index (χ2n) is 9.35. The first-order chi connectivity index (χ1) is 17.2. The van der Waals surface area contributed by atoms with Crippen molar-refractivity contribution in [2.45, 2.75) is 37.6 Å². The Balaban J connectivity index is 1.31. The summed E-state index contributed by atoms with van der Waals surface area (Å²) in [7, 11) is 1.62. The van der Waals surface area contributed by atoms with Crippen LogP contribution in [-0.4, -0.2) is 30.0 Å². The third-order valence-electron chi connectivity index (χ3n) is 7.34. The molecule has 35 heavy (non-hydrogen) atoms. The van der Waals surface area contributed by atoms with E-state index in [4.69, 9.17) is 14.5 Å². The zero-order chi connectivity index (χ0) is 23.8. The first-order valence-electron chi connectivity index (χ1n) is 12.3. The van der Waals surface area contributed by atoms with Crippen LogP contribution in [0.25, 0.3) is 10.9 Å². The van der Waals surface area contributed by atoms with Crippen molar-refractivity contribution in [3.63, 3.8) is 0 Å². The van der Waals surface area contributed by atoms with Crippen LogP contribution in [0.5, 0.6) is 11.5 Å². The van der Waals surface area contributed by atoms with Crippen molar-refractivity contribution in [3.8, 4) is 11.5 Å². The maximum absolute atomic E-state index is 13.7. The summed E-state index contributed by atoms with van der Waals surface area (Å²) >= 11 is 0. The molecule has 5 heteroatoms. The Morgan fingerprint density at radius 1 is 0.914 bits per heavy atom. The number of ketones is 1. The molecule has 1 spiro atoms. The van der Waals surface area contributed by atoms with E-state index in [1.165, 1.54) is 0 Å². The number of carbonyl (C=O) groups excluding carboxylic acids is 1. The minimum atomic E-state index is -0.512. The van der Waals surface area contributed by atoms with E-state index in [1.54, 1.807) is 7.11 Å². The van der Waals surface area contributed by atoms with Gasteiger partial charge >= 0.3 is 0 Å². The summed E-state index contributed by atoms with van der Waals surface area (Å²) in [5.74, 6) is 1.43. The monoisotopic (exact) mass is 464 g/mol. The first-order valence-corrected chi connectivity index (χ1v) is 12.3. The lowest BCUT2D eigenvalue weighted by Gasteiger charge is -2.35. The highest BCUT2D eigenvalue weighted by Gasteiger charge is 2.53. The molecule has 1 saturated carbocycles. The molecule has 0 bridgehead atoms. The van der Waals surface area contributed by atoms with Crippen molar-refractivity contribution in [1.82, 2.24) is 4.98 Å². The average molecular weight is 465 g/mol. The Morgan fingerprint density at radius 3 is 2.49 bits per heavy atom. The van der Waals surface area contributed by atoms with Crippen LogP contribution in [-0.2, 0) is 6.42 Å².